The maximum Gasteiger partial charge on any atom is 0.337 e. The quantitative estimate of drug-likeness (QED) is 0.428. The number of hydrogen-bond donors (Lipinski definition) is 2. The number of halogens is 2. The third-order valence-corrected chi connectivity index (χ3v) is 5.07. The van der Waals surface area contributed by atoms with E-state index in [0.717, 1.165) is 11.7 Å². The van der Waals surface area contributed by atoms with Crippen molar-refractivity contribution in [3.8, 4) is 0 Å². The molecule has 1 aliphatic rings. The van der Waals surface area contributed by atoms with Gasteiger partial charge in [0.25, 0.3) is 5.91 Å². The van der Waals surface area contributed by atoms with E-state index in [1.807, 2.05) is 0 Å². The second-order valence-electron chi connectivity index (χ2n) is 6.91. The van der Waals surface area contributed by atoms with Gasteiger partial charge in [-0.3, -0.25) is 14.5 Å². The summed E-state index contributed by atoms with van der Waals surface area (Å²) in [7, 11) is 0. The van der Waals surface area contributed by atoms with Gasteiger partial charge < -0.3 is 14.8 Å². The number of anilines is 3. The highest BCUT2D eigenvalue weighted by molar-refractivity contribution is 6.31. The minimum Gasteiger partial charge on any atom is -0.478 e. The number of para-hydroxylation sites is 2. The lowest BCUT2D eigenvalue weighted by atomic mass is 10.1. The number of aromatic nitrogens is 2. The molecule has 2 aromatic heterocycles. The molecule has 10 heteroatoms. The highest BCUT2D eigenvalue weighted by Gasteiger charge is 2.29. The molecule has 0 saturated carbocycles. The summed E-state index contributed by atoms with van der Waals surface area (Å²) >= 11 is 5.67. The molecule has 3 heterocycles. The van der Waals surface area contributed by atoms with Gasteiger partial charge in [-0.05, 0) is 42.5 Å². The number of carboxylic acid groups (broad SMARTS) is 1. The van der Waals surface area contributed by atoms with Gasteiger partial charge in [0.2, 0.25) is 5.91 Å². The van der Waals surface area contributed by atoms with Crippen LogP contribution in [0.2, 0.25) is 0 Å². The summed E-state index contributed by atoms with van der Waals surface area (Å²) < 4.78 is 15.1. The summed E-state index contributed by atoms with van der Waals surface area (Å²) in [6.45, 7) is 0. The molecule has 0 bridgehead atoms. The molecule has 1 aliphatic heterocycles. The molecule has 0 atom stereocenters. The van der Waals surface area contributed by atoms with Crippen LogP contribution in [0.3, 0.4) is 0 Å². The maximum absolute atomic E-state index is 13.4. The summed E-state index contributed by atoms with van der Waals surface area (Å²) in [6.07, 6.45) is 4.87. The van der Waals surface area contributed by atoms with Crippen molar-refractivity contribution in [2.24, 2.45) is 0 Å². The number of rotatable bonds is 2. The third-order valence-electron chi connectivity index (χ3n) is 4.84. The van der Waals surface area contributed by atoms with Crippen molar-refractivity contribution >= 4 is 52.1 Å². The molecule has 2 N–H and O–H groups in total. The molecule has 4 aromatic rings. The van der Waals surface area contributed by atoms with E-state index >= 15 is 0 Å². The third kappa shape index (κ3) is 4.39. The van der Waals surface area contributed by atoms with Crippen molar-refractivity contribution < 1.29 is 23.9 Å². The highest BCUT2D eigenvalue weighted by Crippen LogP contribution is 2.38. The summed E-state index contributed by atoms with van der Waals surface area (Å²) in [4.78, 5) is 40.3. The Labute approximate surface area is 191 Å². The van der Waals surface area contributed by atoms with Crippen molar-refractivity contribution in [1.82, 2.24) is 9.38 Å². The fourth-order valence-electron chi connectivity index (χ4n) is 3.35. The number of carboxylic acids is 1. The summed E-state index contributed by atoms with van der Waals surface area (Å²) in [5.74, 6) is -2.59. The fraction of sp³-hybridized carbons (Fsp3) is 0.0435. The van der Waals surface area contributed by atoms with Crippen LogP contribution in [0.5, 0.6) is 0 Å². The van der Waals surface area contributed by atoms with Crippen LogP contribution in [0.4, 0.5) is 21.5 Å². The minimum atomic E-state index is -0.925. The predicted molar refractivity (Wildman–Crippen MR) is 121 cm³/mol. The van der Waals surface area contributed by atoms with Gasteiger partial charge in [-0.2, -0.15) is 0 Å². The standard InChI is InChI=1S/C15H10ClFN2O2.C8H6N2O2/c16-8-14(20)19-12-6-5-9(17)7-10(12)15(21)18-11-3-1-2-4-13(11)19;11-8(12)6-1-2-7-9-3-4-10(7)5-6/h1-7H,8H2,(H,18,21);1-5H,(H,11,12). The lowest BCUT2D eigenvalue weighted by molar-refractivity contribution is -0.115. The molecule has 5 rings (SSSR count). The van der Waals surface area contributed by atoms with E-state index in [2.05, 4.69) is 10.3 Å². The number of benzene rings is 2. The maximum atomic E-state index is 13.4. The Kier molecular flexibility index (Phi) is 6.05. The monoisotopic (exact) mass is 466 g/mol. The number of imidazole rings is 1. The predicted octanol–water partition coefficient (Wildman–Crippen LogP) is 4.33. The zero-order chi connectivity index (χ0) is 23.5. The largest absolute Gasteiger partial charge is 0.478 e. The summed E-state index contributed by atoms with van der Waals surface area (Å²) in [6, 6.07) is 13.8. The lowest BCUT2D eigenvalue weighted by Gasteiger charge is -2.23. The molecule has 0 aliphatic carbocycles. The summed E-state index contributed by atoms with van der Waals surface area (Å²) in [5, 5.41) is 11.3. The Morgan fingerprint density at radius 3 is 2.64 bits per heavy atom. The van der Waals surface area contributed by atoms with Crippen molar-refractivity contribution in [2.75, 3.05) is 16.1 Å². The number of amides is 2. The first kappa shape index (κ1) is 22.0. The van der Waals surface area contributed by atoms with Crippen LogP contribution in [0.25, 0.3) is 5.65 Å². The van der Waals surface area contributed by atoms with E-state index < -0.39 is 23.6 Å². The van der Waals surface area contributed by atoms with Gasteiger partial charge in [0.15, 0.2) is 0 Å². The number of nitrogens with zero attached hydrogens (tertiary/aromatic N) is 3. The topological polar surface area (TPSA) is 104 Å². The smallest absolute Gasteiger partial charge is 0.337 e. The Hall–Kier alpha value is -4.24. The first-order valence-corrected chi connectivity index (χ1v) is 10.2. The molecule has 0 saturated heterocycles. The first-order chi connectivity index (χ1) is 15.9. The van der Waals surface area contributed by atoms with Crippen molar-refractivity contribution in [3.05, 3.63) is 90.1 Å². The number of carbonyl (C=O) groups is 3. The van der Waals surface area contributed by atoms with Crippen LogP contribution in [-0.4, -0.2) is 38.2 Å². The van der Waals surface area contributed by atoms with Crippen molar-refractivity contribution in [3.63, 3.8) is 0 Å². The van der Waals surface area contributed by atoms with Crippen LogP contribution in [-0.2, 0) is 4.79 Å². The van der Waals surface area contributed by atoms with Crippen LogP contribution >= 0.6 is 11.6 Å². The zero-order valence-electron chi connectivity index (χ0n) is 16.9. The SMILES string of the molecule is O=C(O)c1ccc2nccn2c1.O=C1Nc2ccccc2N(C(=O)CCl)c2ccc(F)cc21. The molecule has 0 unspecified atom stereocenters. The lowest BCUT2D eigenvalue weighted by Crippen LogP contribution is -2.27. The number of fused-ring (bicyclic) bond motifs is 3. The second-order valence-corrected chi connectivity index (χ2v) is 7.18. The minimum absolute atomic E-state index is 0.0877. The Morgan fingerprint density at radius 1 is 1.09 bits per heavy atom. The average molecular weight is 467 g/mol. The number of alkyl halides is 1. The number of carbonyl (C=O) groups excluding carboxylic acids is 2. The van der Waals surface area contributed by atoms with E-state index in [4.69, 9.17) is 16.7 Å². The van der Waals surface area contributed by atoms with E-state index in [1.165, 1.54) is 29.3 Å². The van der Waals surface area contributed by atoms with Gasteiger partial charge in [0, 0.05) is 18.6 Å². The second kappa shape index (κ2) is 9.09. The van der Waals surface area contributed by atoms with Gasteiger partial charge >= 0.3 is 5.97 Å². The van der Waals surface area contributed by atoms with Crippen LogP contribution in [0.15, 0.2) is 73.2 Å². The van der Waals surface area contributed by atoms with E-state index in [1.54, 1.807) is 47.1 Å². The summed E-state index contributed by atoms with van der Waals surface area (Å²) in [5.41, 5.74) is 2.38. The normalized spacial score (nSPS) is 12.1. The van der Waals surface area contributed by atoms with E-state index in [0.29, 0.717) is 17.1 Å². The molecule has 2 amide bonds. The van der Waals surface area contributed by atoms with Crippen molar-refractivity contribution in [1.29, 1.82) is 0 Å². The van der Waals surface area contributed by atoms with Gasteiger partial charge in [0.1, 0.15) is 17.3 Å². The molecule has 33 heavy (non-hydrogen) atoms. The van der Waals surface area contributed by atoms with Crippen molar-refractivity contribution in [2.45, 2.75) is 0 Å². The van der Waals surface area contributed by atoms with Crippen LogP contribution < -0.4 is 10.2 Å². The molecule has 0 fully saturated rings. The zero-order valence-corrected chi connectivity index (χ0v) is 17.7. The molecule has 0 radical (unpaired) electrons. The van der Waals surface area contributed by atoms with Crippen LogP contribution in [0, 0.1) is 5.82 Å². The van der Waals surface area contributed by atoms with E-state index in [9.17, 15) is 18.8 Å². The molecular formula is C23H16ClFN4O4. The highest BCUT2D eigenvalue weighted by atomic mass is 35.5. The molecule has 0 spiro atoms. The van der Waals surface area contributed by atoms with Gasteiger partial charge in [-0.25, -0.2) is 14.2 Å². The average Bonchev–Trinajstić information content (AvgIpc) is 3.25. The molecular weight excluding hydrogens is 451 g/mol. The number of nitrogens with one attached hydrogen (secondary N) is 1. The number of pyridine rings is 1. The fourth-order valence-corrected chi connectivity index (χ4v) is 3.47. The molecule has 8 nitrogen and oxygen atoms in total. The molecule has 2 aromatic carbocycles. The number of aromatic carboxylic acids is 1. The van der Waals surface area contributed by atoms with Gasteiger partial charge in [-0.1, -0.05) is 12.1 Å². The van der Waals surface area contributed by atoms with Crippen LogP contribution in [0.1, 0.15) is 20.7 Å². The Bertz CT molecular complexity index is 1390. The molecule has 166 valence electrons. The van der Waals surface area contributed by atoms with Gasteiger partial charge in [-0.15, -0.1) is 11.6 Å². The van der Waals surface area contributed by atoms with Gasteiger partial charge in [0.05, 0.1) is 28.2 Å². The number of hydrogen-bond acceptors (Lipinski definition) is 4. The Morgan fingerprint density at radius 2 is 1.88 bits per heavy atom. The first-order valence-electron chi connectivity index (χ1n) is 9.64. The van der Waals surface area contributed by atoms with E-state index in [-0.39, 0.29) is 17.0 Å². The Balaban J connectivity index is 0.000000183.